The van der Waals surface area contributed by atoms with Crippen LogP contribution in [-0.4, -0.2) is 51.4 Å². The summed E-state index contributed by atoms with van der Waals surface area (Å²) in [5.74, 6) is -0.396. The summed E-state index contributed by atoms with van der Waals surface area (Å²) in [5.41, 5.74) is 0.903. The average Bonchev–Trinajstić information content (AvgIpc) is 2.95. The molecule has 0 aromatic heterocycles. The van der Waals surface area contributed by atoms with E-state index in [2.05, 4.69) is 5.32 Å². The molecule has 0 saturated heterocycles. The number of nitrogens with one attached hydrogen (secondary N) is 1. The largest absolute Gasteiger partial charge is 0.497 e. The van der Waals surface area contributed by atoms with Crippen LogP contribution in [0, 0.1) is 0 Å². The normalized spacial score (nSPS) is 11.9. The first-order chi connectivity index (χ1) is 18.6. The first-order valence-electron chi connectivity index (χ1n) is 12.3. The van der Waals surface area contributed by atoms with Crippen LogP contribution in [0.3, 0.4) is 0 Å². The predicted octanol–water partition coefficient (Wildman–Crippen LogP) is 5.14. The minimum atomic E-state index is -4.14. The van der Waals surface area contributed by atoms with Crippen LogP contribution in [0.5, 0.6) is 5.75 Å². The second-order valence-corrected chi connectivity index (χ2v) is 11.4. The van der Waals surface area contributed by atoms with Gasteiger partial charge in [-0.05, 0) is 67.4 Å². The molecule has 0 bridgehead atoms. The van der Waals surface area contributed by atoms with Gasteiger partial charge in [-0.25, -0.2) is 8.42 Å². The summed E-state index contributed by atoms with van der Waals surface area (Å²) in [6, 6.07) is 18.2. The van der Waals surface area contributed by atoms with Gasteiger partial charge >= 0.3 is 0 Å². The summed E-state index contributed by atoms with van der Waals surface area (Å²) < 4.78 is 33.7. The molecule has 2 amide bonds. The SMILES string of the molecule is CCCNC(=O)[C@H](C)N(Cc1ccc(Cl)c(Cl)c1)C(=O)CN(c1ccc(OC)cc1)S(=O)(=O)c1ccccc1. The zero-order valence-electron chi connectivity index (χ0n) is 21.9. The van der Waals surface area contributed by atoms with Crippen molar-refractivity contribution in [1.82, 2.24) is 10.2 Å². The van der Waals surface area contributed by atoms with E-state index in [0.29, 0.717) is 27.9 Å². The molecule has 0 spiro atoms. The van der Waals surface area contributed by atoms with E-state index in [1.165, 1.54) is 24.1 Å². The first-order valence-corrected chi connectivity index (χ1v) is 14.5. The lowest BCUT2D eigenvalue weighted by Gasteiger charge is -2.32. The molecule has 0 fully saturated rings. The number of anilines is 1. The van der Waals surface area contributed by atoms with Gasteiger partial charge in [0.15, 0.2) is 0 Å². The molecule has 0 aliphatic heterocycles. The van der Waals surface area contributed by atoms with Crippen LogP contribution in [0.25, 0.3) is 0 Å². The summed E-state index contributed by atoms with van der Waals surface area (Å²) >= 11 is 12.2. The van der Waals surface area contributed by atoms with Gasteiger partial charge < -0.3 is 15.0 Å². The maximum absolute atomic E-state index is 13.9. The van der Waals surface area contributed by atoms with Gasteiger partial charge in [0.25, 0.3) is 10.0 Å². The van der Waals surface area contributed by atoms with Gasteiger partial charge in [0.1, 0.15) is 18.3 Å². The molecular formula is C28H31Cl2N3O5S. The minimum absolute atomic E-state index is 0.0122. The molecule has 8 nitrogen and oxygen atoms in total. The van der Waals surface area contributed by atoms with E-state index in [4.69, 9.17) is 27.9 Å². The van der Waals surface area contributed by atoms with E-state index in [0.717, 1.165) is 10.7 Å². The summed E-state index contributed by atoms with van der Waals surface area (Å²) in [6.45, 7) is 3.43. The standard InChI is InChI=1S/C28H31Cl2N3O5S/c1-4-16-31-28(35)20(2)32(18-21-10-15-25(29)26(30)17-21)27(34)19-33(22-11-13-23(38-3)14-12-22)39(36,37)24-8-6-5-7-9-24/h5-15,17,20H,4,16,18-19H2,1-3H3,(H,31,35)/t20-/m0/s1. The van der Waals surface area contributed by atoms with Crippen LogP contribution in [0.2, 0.25) is 10.0 Å². The molecule has 11 heteroatoms. The van der Waals surface area contributed by atoms with E-state index >= 15 is 0 Å². The molecule has 0 radical (unpaired) electrons. The number of carbonyl (C=O) groups is 2. The zero-order valence-corrected chi connectivity index (χ0v) is 24.3. The van der Waals surface area contributed by atoms with Crippen LogP contribution in [0.15, 0.2) is 77.7 Å². The third kappa shape index (κ3) is 7.65. The van der Waals surface area contributed by atoms with Gasteiger partial charge in [0, 0.05) is 13.1 Å². The zero-order chi connectivity index (χ0) is 28.6. The van der Waals surface area contributed by atoms with Crippen LogP contribution < -0.4 is 14.4 Å². The number of benzene rings is 3. The minimum Gasteiger partial charge on any atom is -0.497 e. The number of rotatable bonds is 12. The van der Waals surface area contributed by atoms with Crippen LogP contribution in [0.1, 0.15) is 25.8 Å². The lowest BCUT2D eigenvalue weighted by molar-refractivity contribution is -0.139. The number of amides is 2. The molecule has 0 aliphatic carbocycles. The highest BCUT2D eigenvalue weighted by Gasteiger charge is 2.32. The van der Waals surface area contributed by atoms with Gasteiger partial charge in [0.05, 0.1) is 27.7 Å². The molecule has 3 aromatic carbocycles. The summed E-state index contributed by atoms with van der Waals surface area (Å²) in [5, 5.41) is 3.46. The molecule has 0 heterocycles. The number of hydrogen-bond acceptors (Lipinski definition) is 5. The van der Waals surface area contributed by atoms with Gasteiger partial charge in [0.2, 0.25) is 11.8 Å². The summed E-state index contributed by atoms with van der Waals surface area (Å²) in [4.78, 5) is 28.1. The highest BCUT2D eigenvalue weighted by Crippen LogP contribution is 2.27. The molecule has 1 N–H and O–H groups in total. The lowest BCUT2D eigenvalue weighted by atomic mass is 10.1. The summed E-state index contributed by atoms with van der Waals surface area (Å²) in [6.07, 6.45) is 0.722. The van der Waals surface area contributed by atoms with Crippen molar-refractivity contribution in [3.05, 3.63) is 88.4 Å². The lowest BCUT2D eigenvalue weighted by Crippen LogP contribution is -2.51. The Morgan fingerprint density at radius 1 is 0.974 bits per heavy atom. The Morgan fingerprint density at radius 3 is 2.23 bits per heavy atom. The Bertz CT molecular complexity index is 1390. The molecule has 0 unspecified atom stereocenters. The number of methoxy groups -OCH3 is 1. The monoisotopic (exact) mass is 591 g/mol. The molecule has 1 atom stereocenters. The van der Waals surface area contributed by atoms with E-state index < -0.39 is 28.5 Å². The fraction of sp³-hybridized carbons (Fsp3) is 0.286. The van der Waals surface area contributed by atoms with Crippen molar-refractivity contribution in [3.8, 4) is 5.75 Å². The Morgan fingerprint density at radius 2 is 1.64 bits per heavy atom. The number of halogens is 2. The predicted molar refractivity (Wildman–Crippen MR) is 154 cm³/mol. The van der Waals surface area contributed by atoms with E-state index in [1.54, 1.807) is 67.6 Å². The van der Waals surface area contributed by atoms with Crippen molar-refractivity contribution in [2.45, 2.75) is 37.8 Å². The van der Waals surface area contributed by atoms with Crippen molar-refractivity contribution >= 4 is 50.7 Å². The molecular weight excluding hydrogens is 561 g/mol. The highest BCUT2D eigenvalue weighted by molar-refractivity contribution is 7.92. The van der Waals surface area contributed by atoms with Crippen molar-refractivity contribution in [3.63, 3.8) is 0 Å². The topological polar surface area (TPSA) is 96.0 Å². The van der Waals surface area contributed by atoms with E-state index in [-0.39, 0.29) is 23.0 Å². The quantitative estimate of drug-likeness (QED) is 0.314. The Labute approximate surface area is 239 Å². The number of nitrogens with zero attached hydrogens (tertiary/aromatic N) is 2. The number of sulfonamides is 1. The maximum atomic E-state index is 13.9. The third-order valence-electron chi connectivity index (χ3n) is 6.02. The highest BCUT2D eigenvalue weighted by atomic mass is 35.5. The van der Waals surface area contributed by atoms with Crippen molar-refractivity contribution in [2.75, 3.05) is 24.5 Å². The van der Waals surface area contributed by atoms with Crippen molar-refractivity contribution in [1.29, 1.82) is 0 Å². The average molecular weight is 593 g/mol. The number of hydrogen-bond donors (Lipinski definition) is 1. The Balaban J connectivity index is 2.02. The molecule has 0 aliphatic rings. The van der Waals surface area contributed by atoms with Gasteiger partial charge in [-0.3, -0.25) is 13.9 Å². The molecule has 3 aromatic rings. The van der Waals surface area contributed by atoms with Crippen LogP contribution >= 0.6 is 23.2 Å². The van der Waals surface area contributed by atoms with Crippen LogP contribution in [-0.2, 0) is 26.2 Å². The van der Waals surface area contributed by atoms with Gasteiger partial charge in [-0.2, -0.15) is 0 Å². The van der Waals surface area contributed by atoms with Gasteiger partial charge in [-0.1, -0.05) is 54.4 Å². The van der Waals surface area contributed by atoms with Crippen LogP contribution in [0.4, 0.5) is 5.69 Å². The first kappa shape index (κ1) is 30.3. The second-order valence-electron chi connectivity index (χ2n) is 8.76. The Kier molecular flexibility index (Phi) is 10.6. The second kappa shape index (κ2) is 13.7. The fourth-order valence-corrected chi connectivity index (χ4v) is 5.57. The molecule has 39 heavy (non-hydrogen) atoms. The number of carbonyl (C=O) groups excluding carboxylic acids is 2. The Hall–Kier alpha value is -3.27. The fourth-order valence-electron chi connectivity index (χ4n) is 3.81. The number of ether oxygens (including phenoxy) is 1. The maximum Gasteiger partial charge on any atom is 0.264 e. The molecule has 208 valence electrons. The molecule has 0 saturated carbocycles. The van der Waals surface area contributed by atoms with Gasteiger partial charge in [-0.15, -0.1) is 0 Å². The van der Waals surface area contributed by atoms with E-state index in [1.807, 2.05) is 6.92 Å². The smallest absolute Gasteiger partial charge is 0.264 e. The third-order valence-corrected chi connectivity index (χ3v) is 8.55. The van der Waals surface area contributed by atoms with Crippen molar-refractivity contribution < 1.29 is 22.7 Å². The van der Waals surface area contributed by atoms with E-state index in [9.17, 15) is 18.0 Å². The van der Waals surface area contributed by atoms with Crippen molar-refractivity contribution in [2.24, 2.45) is 0 Å². The summed E-state index contributed by atoms with van der Waals surface area (Å²) in [7, 11) is -2.64. The molecule has 3 rings (SSSR count).